The Bertz CT molecular complexity index is 1370. The van der Waals surface area contributed by atoms with Crippen LogP contribution in [0.1, 0.15) is 22.5 Å². The third kappa shape index (κ3) is 4.06. The normalized spacial score (nSPS) is 15.4. The number of benzene rings is 2. The van der Waals surface area contributed by atoms with Crippen LogP contribution in [0.2, 0.25) is 15.1 Å². The van der Waals surface area contributed by atoms with E-state index in [2.05, 4.69) is 5.32 Å². The summed E-state index contributed by atoms with van der Waals surface area (Å²) in [6, 6.07) is 11.2. The molecule has 9 heteroatoms. The van der Waals surface area contributed by atoms with Crippen LogP contribution in [0.25, 0.3) is 11.8 Å². The number of aryl methyl sites for hydroxylation is 1. The second kappa shape index (κ2) is 8.71. The SMILES string of the molecule is Cc1c(Cl)cccc1N1C(=O)NC(=O)/C(=C/c2cc(C)n(-c3ccc(Cl)c(Cl)c3)c2C)C1=O. The summed E-state index contributed by atoms with van der Waals surface area (Å²) < 4.78 is 1.93. The summed E-state index contributed by atoms with van der Waals surface area (Å²) in [5.74, 6) is -1.49. The predicted molar refractivity (Wildman–Crippen MR) is 130 cm³/mol. The Labute approximate surface area is 205 Å². The quantitative estimate of drug-likeness (QED) is 0.351. The Morgan fingerprint density at radius 1 is 0.879 bits per heavy atom. The molecule has 1 aliphatic rings. The average molecular weight is 503 g/mol. The van der Waals surface area contributed by atoms with Gasteiger partial charge in [-0.3, -0.25) is 14.9 Å². The summed E-state index contributed by atoms with van der Waals surface area (Å²) in [6.07, 6.45) is 1.48. The lowest BCUT2D eigenvalue weighted by Gasteiger charge is -2.27. The van der Waals surface area contributed by atoms with E-state index in [-0.39, 0.29) is 5.57 Å². The number of imide groups is 2. The molecule has 2 aromatic carbocycles. The minimum absolute atomic E-state index is 0.164. The molecule has 168 valence electrons. The lowest BCUT2D eigenvalue weighted by Crippen LogP contribution is -2.54. The number of carbonyl (C=O) groups is 3. The van der Waals surface area contributed by atoms with Crippen molar-refractivity contribution in [3.63, 3.8) is 0 Å². The van der Waals surface area contributed by atoms with Crippen molar-refractivity contribution in [3.05, 3.63) is 85.6 Å². The Hall–Kier alpha value is -3.06. The molecule has 3 aromatic rings. The van der Waals surface area contributed by atoms with Crippen molar-refractivity contribution in [1.29, 1.82) is 0 Å². The molecule has 0 unspecified atom stereocenters. The molecule has 0 bridgehead atoms. The molecule has 1 N–H and O–H groups in total. The van der Waals surface area contributed by atoms with Gasteiger partial charge in [0.1, 0.15) is 5.57 Å². The number of nitrogens with zero attached hydrogens (tertiary/aromatic N) is 2. The fourth-order valence-electron chi connectivity index (χ4n) is 3.83. The highest BCUT2D eigenvalue weighted by Gasteiger charge is 2.37. The summed E-state index contributed by atoms with van der Waals surface area (Å²) in [7, 11) is 0. The van der Waals surface area contributed by atoms with Gasteiger partial charge in [0.25, 0.3) is 11.8 Å². The Morgan fingerprint density at radius 3 is 2.30 bits per heavy atom. The largest absolute Gasteiger partial charge is 0.335 e. The van der Waals surface area contributed by atoms with Crippen molar-refractivity contribution in [2.75, 3.05) is 4.90 Å². The topological polar surface area (TPSA) is 71.4 Å². The van der Waals surface area contributed by atoms with Gasteiger partial charge in [-0.2, -0.15) is 0 Å². The van der Waals surface area contributed by atoms with Gasteiger partial charge in [-0.1, -0.05) is 40.9 Å². The van der Waals surface area contributed by atoms with Crippen molar-refractivity contribution >= 4 is 64.4 Å². The monoisotopic (exact) mass is 501 g/mol. The lowest BCUT2D eigenvalue weighted by atomic mass is 10.1. The van der Waals surface area contributed by atoms with E-state index in [0.29, 0.717) is 31.9 Å². The number of amides is 4. The van der Waals surface area contributed by atoms with Crippen molar-refractivity contribution in [3.8, 4) is 5.69 Å². The maximum Gasteiger partial charge on any atom is 0.335 e. The van der Waals surface area contributed by atoms with E-state index in [1.807, 2.05) is 30.5 Å². The lowest BCUT2D eigenvalue weighted by molar-refractivity contribution is -0.122. The fraction of sp³-hybridized carbons (Fsp3) is 0.125. The molecule has 0 radical (unpaired) electrons. The standard InChI is InChI=1S/C24H18Cl3N3O3/c1-12-9-15(14(3)29(12)16-7-8-19(26)20(27)11-16)10-17-22(31)28-24(33)30(23(17)32)21-6-4-5-18(25)13(21)2/h4-11H,1-3H3,(H,28,31,33)/b17-10-. The fourth-order valence-corrected chi connectivity index (χ4v) is 4.29. The van der Waals surface area contributed by atoms with Crippen LogP contribution in [-0.2, 0) is 9.59 Å². The third-order valence-electron chi connectivity index (χ3n) is 5.51. The van der Waals surface area contributed by atoms with Crippen LogP contribution < -0.4 is 10.2 Å². The van der Waals surface area contributed by atoms with Crippen molar-refractivity contribution in [2.24, 2.45) is 0 Å². The van der Waals surface area contributed by atoms with E-state index in [4.69, 9.17) is 34.8 Å². The Balaban J connectivity index is 1.79. The molecular formula is C24H18Cl3N3O3. The van der Waals surface area contributed by atoms with Crippen molar-refractivity contribution in [1.82, 2.24) is 9.88 Å². The average Bonchev–Trinajstić information content (AvgIpc) is 3.03. The molecule has 4 amide bonds. The van der Waals surface area contributed by atoms with Gasteiger partial charge in [-0.25, -0.2) is 9.69 Å². The zero-order chi connectivity index (χ0) is 24.0. The van der Waals surface area contributed by atoms with Gasteiger partial charge in [-0.05, 0) is 74.4 Å². The van der Waals surface area contributed by atoms with E-state index in [1.165, 1.54) is 6.08 Å². The molecular weight excluding hydrogens is 485 g/mol. The smallest absolute Gasteiger partial charge is 0.318 e. The minimum atomic E-state index is -0.825. The maximum atomic E-state index is 13.3. The second-order valence-corrected chi connectivity index (χ2v) is 8.82. The van der Waals surface area contributed by atoms with Crippen LogP contribution in [0, 0.1) is 20.8 Å². The molecule has 4 rings (SSSR count). The summed E-state index contributed by atoms with van der Waals surface area (Å²) in [5, 5.41) is 3.49. The summed E-state index contributed by atoms with van der Waals surface area (Å²) in [6.45, 7) is 5.45. The third-order valence-corrected chi connectivity index (χ3v) is 6.66. The van der Waals surface area contributed by atoms with Gasteiger partial charge in [0, 0.05) is 22.1 Å². The van der Waals surface area contributed by atoms with Crippen LogP contribution >= 0.6 is 34.8 Å². The highest BCUT2D eigenvalue weighted by Crippen LogP contribution is 2.31. The van der Waals surface area contributed by atoms with Crippen LogP contribution in [0.3, 0.4) is 0 Å². The molecule has 0 spiro atoms. The minimum Gasteiger partial charge on any atom is -0.318 e. The Morgan fingerprint density at radius 2 is 1.61 bits per heavy atom. The molecule has 1 saturated heterocycles. The van der Waals surface area contributed by atoms with Gasteiger partial charge < -0.3 is 4.57 Å². The zero-order valence-corrected chi connectivity index (χ0v) is 20.1. The zero-order valence-electron chi connectivity index (χ0n) is 17.9. The number of hydrogen-bond donors (Lipinski definition) is 1. The van der Waals surface area contributed by atoms with Crippen LogP contribution in [-0.4, -0.2) is 22.4 Å². The highest BCUT2D eigenvalue weighted by atomic mass is 35.5. The number of anilines is 1. The number of rotatable bonds is 3. The second-order valence-electron chi connectivity index (χ2n) is 7.60. The van der Waals surface area contributed by atoms with Gasteiger partial charge in [0.2, 0.25) is 0 Å². The molecule has 0 atom stereocenters. The highest BCUT2D eigenvalue weighted by molar-refractivity contribution is 6.42. The number of barbiturate groups is 1. The van der Waals surface area contributed by atoms with Crippen molar-refractivity contribution < 1.29 is 14.4 Å². The summed E-state index contributed by atoms with van der Waals surface area (Å²) in [4.78, 5) is 39.3. The number of hydrogen-bond acceptors (Lipinski definition) is 3. The number of urea groups is 1. The first-order valence-electron chi connectivity index (χ1n) is 9.91. The molecule has 1 aliphatic heterocycles. The van der Waals surface area contributed by atoms with E-state index in [1.54, 1.807) is 37.3 Å². The van der Waals surface area contributed by atoms with Crippen LogP contribution in [0.15, 0.2) is 48.0 Å². The number of aromatic nitrogens is 1. The molecule has 1 fully saturated rings. The molecule has 33 heavy (non-hydrogen) atoms. The van der Waals surface area contributed by atoms with Gasteiger partial charge >= 0.3 is 6.03 Å². The van der Waals surface area contributed by atoms with E-state index < -0.39 is 17.8 Å². The van der Waals surface area contributed by atoms with Gasteiger partial charge in [0.05, 0.1) is 15.7 Å². The summed E-state index contributed by atoms with van der Waals surface area (Å²) in [5.41, 5.74) is 3.77. The van der Waals surface area contributed by atoms with Crippen molar-refractivity contribution in [2.45, 2.75) is 20.8 Å². The molecule has 1 aromatic heterocycles. The number of carbonyl (C=O) groups excluding carboxylic acids is 3. The maximum absolute atomic E-state index is 13.3. The van der Waals surface area contributed by atoms with Gasteiger partial charge in [0.15, 0.2) is 0 Å². The van der Waals surface area contributed by atoms with Gasteiger partial charge in [-0.15, -0.1) is 0 Å². The molecule has 0 saturated carbocycles. The van der Waals surface area contributed by atoms with Crippen LogP contribution in [0.4, 0.5) is 10.5 Å². The number of nitrogens with one attached hydrogen (secondary N) is 1. The molecule has 0 aliphatic carbocycles. The first kappa shape index (κ1) is 23.1. The summed E-state index contributed by atoms with van der Waals surface area (Å²) >= 11 is 18.4. The van der Waals surface area contributed by atoms with E-state index in [0.717, 1.165) is 22.0 Å². The Kier molecular flexibility index (Phi) is 6.10. The molecule has 2 heterocycles. The number of halogens is 3. The van der Waals surface area contributed by atoms with E-state index >= 15 is 0 Å². The first-order chi connectivity index (χ1) is 15.6. The van der Waals surface area contributed by atoms with Crippen LogP contribution in [0.5, 0.6) is 0 Å². The van der Waals surface area contributed by atoms with E-state index in [9.17, 15) is 14.4 Å². The first-order valence-corrected chi connectivity index (χ1v) is 11.0. The molecule has 6 nitrogen and oxygen atoms in total. The predicted octanol–water partition coefficient (Wildman–Crippen LogP) is 6.03.